The highest BCUT2D eigenvalue weighted by atomic mass is 19.3. The van der Waals surface area contributed by atoms with E-state index in [-0.39, 0.29) is 6.33 Å². The number of hydrogen-bond donors (Lipinski definition) is 0. The van der Waals surface area contributed by atoms with E-state index in [0.717, 1.165) is 0 Å². The van der Waals surface area contributed by atoms with Crippen molar-refractivity contribution in [3.8, 4) is 0 Å². The van der Waals surface area contributed by atoms with Gasteiger partial charge in [0.15, 0.2) is 6.33 Å². The molecule has 0 saturated carbocycles. The Kier molecular flexibility index (Phi) is 2.74. The monoisotopic (exact) mass is 162 g/mol. The first kappa shape index (κ1) is 9.32. The predicted octanol–water partition coefficient (Wildman–Crippen LogP) is 2.63. The first-order valence-corrected chi connectivity index (χ1v) is 1.88. The number of hydrogen-bond acceptors (Lipinski definition) is 0. The molecule has 0 rings (SSSR count). The maximum atomic E-state index is 11.4. The minimum absolute atomic E-state index is 0.214. The summed E-state index contributed by atoms with van der Waals surface area (Å²) in [6, 6.07) is 0. The van der Waals surface area contributed by atoms with Gasteiger partial charge in [0.05, 0.1) is 0 Å². The fourth-order valence-corrected chi connectivity index (χ4v) is 0.142. The van der Waals surface area contributed by atoms with Crippen molar-refractivity contribution >= 4 is 0 Å². The Hall–Kier alpha value is -0.680. The van der Waals surface area contributed by atoms with Gasteiger partial charge >= 0.3 is 12.3 Å². The number of allylic oxidation sites excluding steroid dienone is 1. The molecule has 0 aromatic heterocycles. The Morgan fingerprint density at radius 2 is 1.50 bits per heavy atom. The van der Waals surface area contributed by atoms with Crippen LogP contribution in [0.3, 0.4) is 0 Å². The third kappa shape index (κ3) is 1.65. The van der Waals surface area contributed by atoms with Crippen molar-refractivity contribution in [2.24, 2.45) is 0 Å². The van der Waals surface area contributed by atoms with Gasteiger partial charge < -0.3 is 0 Å². The van der Waals surface area contributed by atoms with Crippen LogP contribution in [0.4, 0.5) is 26.3 Å². The summed E-state index contributed by atoms with van der Waals surface area (Å²) in [4.78, 5) is 0. The van der Waals surface area contributed by atoms with Crippen molar-refractivity contribution in [2.45, 2.75) is 5.92 Å². The topological polar surface area (TPSA) is 0 Å². The van der Waals surface area contributed by atoms with Crippen LogP contribution in [0.25, 0.3) is 0 Å². The van der Waals surface area contributed by atoms with Gasteiger partial charge in [-0.1, -0.05) is 0 Å². The molecule has 10 heavy (non-hydrogen) atoms. The Balaban J connectivity index is 4.40. The van der Waals surface area contributed by atoms with E-state index >= 15 is 0 Å². The van der Waals surface area contributed by atoms with Gasteiger partial charge in [-0.05, 0) is 0 Å². The van der Waals surface area contributed by atoms with Crippen LogP contribution < -0.4 is 0 Å². The second kappa shape index (κ2) is 2.94. The second-order valence-corrected chi connectivity index (χ2v) is 1.24. The summed E-state index contributed by atoms with van der Waals surface area (Å²) in [5.41, 5.74) is 0. The van der Waals surface area contributed by atoms with Crippen molar-refractivity contribution in [2.75, 3.05) is 0 Å². The summed E-state index contributed by atoms with van der Waals surface area (Å²) in [6.45, 7) is 0. The summed E-state index contributed by atoms with van der Waals surface area (Å²) < 4.78 is 66.9. The lowest BCUT2D eigenvalue weighted by Gasteiger charge is -2.08. The minimum Gasteiger partial charge on any atom is -0.201 e. The van der Waals surface area contributed by atoms with Gasteiger partial charge in [0.25, 0.3) is 0 Å². The molecule has 0 heterocycles. The van der Waals surface area contributed by atoms with Crippen molar-refractivity contribution in [1.29, 1.82) is 0 Å². The van der Waals surface area contributed by atoms with Crippen molar-refractivity contribution < 1.29 is 26.3 Å². The maximum Gasteiger partial charge on any atom is 0.385 e. The molecule has 0 atom stereocenters. The highest BCUT2D eigenvalue weighted by Gasteiger charge is 2.48. The highest BCUT2D eigenvalue weighted by Crippen LogP contribution is 2.36. The first-order chi connectivity index (χ1) is 4.42. The van der Waals surface area contributed by atoms with E-state index in [4.69, 9.17) is 0 Å². The minimum atomic E-state index is -5.14. The summed E-state index contributed by atoms with van der Waals surface area (Å²) in [7, 11) is 0. The van der Waals surface area contributed by atoms with Gasteiger partial charge in [0.1, 0.15) is 0 Å². The molecule has 0 spiro atoms. The molecule has 0 unspecified atom stereocenters. The molecule has 58 valence electrons. The Labute approximate surface area is 52.1 Å². The van der Waals surface area contributed by atoms with Gasteiger partial charge in [-0.25, -0.2) is 8.78 Å². The van der Waals surface area contributed by atoms with Crippen LogP contribution in [-0.2, 0) is 0 Å². The first-order valence-electron chi connectivity index (χ1n) is 1.88. The molecule has 0 aliphatic rings. The molecular formula is C4F6. The van der Waals surface area contributed by atoms with E-state index in [1.165, 1.54) is 0 Å². The smallest absolute Gasteiger partial charge is 0.201 e. The summed E-state index contributed by atoms with van der Waals surface area (Å²) in [5, 5.41) is 0. The van der Waals surface area contributed by atoms with E-state index in [2.05, 4.69) is 0 Å². The van der Waals surface area contributed by atoms with Crippen LogP contribution in [0.1, 0.15) is 0 Å². The summed E-state index contributed by atoms with van der Waals surface area (Å²) in [5.74, 6) is -8.07. The lowest BCUT2D eigenvalue weighted by Crippen LogP contribution is -2.20. The van der Waals surface area contributed by atoms with E-state index < -0.39 is 18.2 Å². The number of rotatable bonds is 2. The molecule has 0 aliphatic carbocycles. The zero-order chi connectivity index (χ0) is 8.36. The van der Waals surface area contributed by atoms with E-state index in [1.807, 2.05) is 0 Å². The molecule has 2 radical (unpaired) electrons. The molecule has 0 nitrogen and oxygen atoms in total. The normalized spacial score (nSPS) is 14.5. The van der Waals surface area contributed by atoms with Crippen LogP contribution in [0.15, 0.2) is 5.83 Å². The van der Waals surface area contributed by atoms with Gasteiger partial charge in [-0.15, -0.1) is 0 Å². The quantitative estimate of drug-likeness (QED) is 0.547. The molecule has 0 N–H and O–H groups in total. The Bertz CT molecular complexity index is 137. The third-order valence-corrected chi connectivity index (χ3v) is 0.596. The average molecular weight is 162 g/mol. The van der Waals surface area contributed by atoms with Crippen LogP contribution in [0.2, 0.25) is 0 Å². The zero-order valence-corrected chi connectivity index (χ0v) is 4.27. The summed E-state index contributed by atoms with van der Waals surface area (Å²) >= 11 is 0. The van der Waals surface area contributed by atoms with E-state index in [0.29, 0.717) is 0 Å². The molecular weight excluding hydrogens is 162 g/mol. The van der Waals surface area contributed by atoms with Crippen molar-refractivity contribution in [3.05, 3.63) is 18.6 Å². The number of alkyl halides is 2. The van der Waals surface area contributed by atoms with Crippen LogP contribution in [0.5, 0.6) is 0 Å². The highest BCUT2D eigenvalue weighted by molar-refractivity contribution is 5.05. The SMILES string of the molecule is F/[C]=C(\F)C(F)(F)[C](F)F. The van der Waals surface area contributed by atoms with Crippen molar-refractivity contribution in [1.82, 2.24) is 0 Å². The van der Waals surface area contributed by atoms with E-state index in [9.17, 15) is 26.3 Å². The molecule has 6 heteroatoms. The third-order valence-electron chi connectivity index (χ3n) is 0.596. The van der Waals surface area contributed by atoms with Crippen molar-refractivity contribution in [3.63, 3.8) is 0 Å². The summed E-state index contributed by atoms with van der Waals surface area (Å²) in [6.07, 6.45) is -3.72. The van der Waals surface area contributed by atoms with E-state index in [1.54, 1.807) is 0 Å². The lowest BCUT2D eigenvalue weighted by atomic mass is 10.3. The molecule has 0 saturated heterocycles. The lowest BCUT2D eigenvalue weighted by molar-refractivity contribution is -0.0453. The van der Waals surface area contributed by atoms with Gasteiger partial charge in [0, 0.05) is 0 Å². The van der Waals surface area contributed by atoms with Gasteiger partial charge in [0.2, 0.25) is 5.83 Å². The maximum absolute atomic E-state index is 11.4. The average Bonchev–Trinajstić information content (AvgIpc) is 1.86. The predicted molar refractivity (Wildman–Crippen MR) is 19.4 cm³/mol. The molecule has 0 fully saturated rings. The molecule has 0 aliphatic heterocycles. The number of halogens is 6. The van der Waals surface area contributed by atoms with Crippen LogP contribution >= 0.6 is 0 Å². The fourth-order valence-electron chi connectivity index (χ4n) is 0.142. The Morgan fingerprint density at radius 1 is 1.10 bits per heavy atom. The molecule has 0 bridgehead atoms. The standard InChI is InChI=1S/C4F6/c5-1-2(6)4(9,10)3(7)8. The zero-order valence-electron chi connectivity index (χ0n) is 4.27. The molecule has 0 aromatic rings. The fraction of sp³-hybridized carbons (Fsp3) is 0.250. The largest absolute Gasteiger partial charge is 0.385 e. The molecule has 0 amide bonds. The van der Waals surface area contributed by atoms with Crippen LogP contribution in [-0.4, -0.2) is 5.92 Å². The van der Waals surface area contributed by atoms with Gasteiger partial charge in [-0.3, -0.25) is 0 Å². The van der Waals surface area contributed by atoms with Crippen LogP contribution in [0, 0.1) is 12.8 Å². The molecule has 0 aromatic carbocycles. The second-order valence-electron chi connectivity index (χ2n) is 1.24. The van der Waals surface area contributed by atoms with Gasteiger partial charge in [-0.2, -0.15) is 17.6 Å². The Morgan fingerprint density at radius 3 is 1.60 bits per heavy atom.